The average molecular weight is 252 g/mol. The minimum atomic E-state index is -0.0890. The molecule has 0 bridgehead atoms. The maximum Gasteiger partial charge on any atom is 0.160 e. The molecule has 0 aliphatic carbocycles. The second kappa shape index (κ2) is 4.16. The van der Waals surface area contributed by atoms with Crippen LogP contribution in [0.2, 0.25) is 0 Å². The molecule has 0 fully saturated rings. The van der Waals surface area contributed by atoms with Crippen LogP contribution in [-0.2, 0) is 5.54 Å². The van der Waals surface area contributed by atoms with Gasteiger partial charge in [0.05, 0.1) is 0 Å². The Balaban J connectivity index is 2.36. The summed E-state index contributed by atoms with van der Waals surface area (Å²) in [6.45, 7) is 6.47. The van der Waals surface area contributed by atoms with E-state index in [1.807, 2.05) is 30.5 Å². The maximum absolute atomic E-state index is 4.71. The number of aromatic nitrogens is 4. The van der Waals surface area contributed by atoms with E-state index in [2.05, 4.69) is 35.3 Å². The van der Waals surface area contributed by atoms with Gasteiger partial charge in [0.1, 0.15) is 11.3 Å². The molecule has 3 aromatic heterocycles. The lowest BCUT2D eigenvalue weighted by molar-refractivity contribution is 0.410. The molecule has 4 heteroatoms. The summed E-state index contributed by atoms with van der Waals surface area (Å²) in [4.78, 5) is 13.4. The third kappa shape index (κ3) is 1.99. The van der Waals surface area contributed by atoms with E-state index in [0.717, 1.165) is 22.6 Å². The molecule has 0 aliphatic rings. The zero-order chi connectivity index (χ0) is 13.5. The minimum absolute atomic E-state index is 0.0890. The number of pyridine rings is 2. The van der Waals surface area contributed by atoms with Gasteiger partial charge in [0, 0.05) is 29.7 Å². The van der Waals surface area contributed by atoms with Gasteiger partial charge in [-0.05, 0) is 45.0 Å². The molecule has 0 aromatic carbocycles. The van der Waals surface area contributed by atoms with Crippen molar-refractivity contribution in [1.29, 1.82) is 0 Å². The van der Waals surface area contributed by atoms with Crippen LogP contribution in [0.4, 0.5) is 0 Å². The molecule has 3 heterocycles. The Morgan fingerprint density at radius 3 is 2.53 bits per heavy atom. The first kappa shape index (κ1) is 11.8. The molecule has 4 nitrogen and oxygen atoms in total. The normalized spacial score (nSPS) is 11.9. The van der Waals surface area contributed by atoms with Gasteiger partial charge < -0.3 is 4.57 Å². The summed E-state index contributed by atoms with van der Waals surface area (Å²) in [7, 11) is 0. The van der Waals surface area contributed by atoms with E-state index in [9.17, 15) is 0 Å². The summed E-state index contributed by atoms with van der Waals surface area (Å²) in [5.41, 5.74) is 2.74. The summed E-state index contributed by atoms with van der Waals surface area (Å²) in [6, 6.07) is 7.85. The summed E-state index contributed by atoms with van der Waals surface area (Å²) in [6.07, 6.45) is 5.41. The van der Waals surface area contributed by atoms with Crippen LogP contribution in [0.5, 0.6) is 0 Å². The van der Waals surface area contributed by atoms with Gasteiger partial charge in [0.2, 0.25) is 0 Å². The van der Waals surface area contributed by atoms with E-state index in [0.29, 0.717) is 0 Å². The fourth-order valence-electron chi connectivity index (χ4n) is 2.24. The first-order valence-electron chi connectivity index (χ1n) is 6.32. The van der Waals surface area contributed by atoms with E-state index in [4.69, 9.17) is 4.98 Å². The van der Waals surface area contributed by atoms with Crippen LogP contribution in [0.3, 0.4) is 0 Å². The highest BCUT2D eigenvalue weighted by Gasteiger charge is 2.22. The third-order valence-electron chi connectivity index (χ3n) is 3.01. The van der Waals surface area contributed by atoms with Crippen molar-refractivity contribution in [1.82, 2.24) is 19.5 Å². The highest BCUT2D eigenvalue weighted by atomic mass is 15.2. The first-order valence-corrected chi connectivity index (χ1v) is 6.32. The zero-order valence-corrected chi connectivity index (χ0v) is 11.3. The van der Waals surface area contributed by atoms with Crippen molar-refractivity contribution in [2.24, 2.45) is 0 Å². The van der Waals surface area contributed by atoms with Crippen molar-refractivity contribution >= 4 is 11.2 Å². The van der Waals surface area contributed by atoms with E-state index in [1.54, 1.807) is 12.4 Å². The van der Waals surface area contributed by atoms with Gasteiger partial charge in [-0.15, -0.1) is 0 Å². The maximum atomic E-state index is 4.71. The van der Waals surface area contributed by atoms with E-state index in [1.165, 1.54) is 0 Å². The van der Waals surface area contributed by atoms with Crippen molar-refractivity contribution in [2.75, 3.05) is 0 Å². The van der Waals surface area contributed by atoms with Crippen LogP contribution in [0, 0.1) is 0 Å². The van der Waals surface area contributed by atoms with Crippen molar-refractivity contribution in [2.45, 2.75) is 26.3 Å². The van der Waals surface area contributed by atoms with Crippen LogP contribution in [0.25, 0.3) is 22.6 Å². The molecule has 0 aliphatic heterocycles. The molecular weight excluding hydrogens is 236 g/mol. The summed E-state index contributed by atoms with van der Waals surface area (Å²) in [5, 5.41) is 0. The number of rotatable bonds is 1. The Morgan fingerprint density at radius 2 is 1.84 bits per heavy atom. The molecule has 96 valence electrons. The average Bonchev–Trinajstić information content (AvgIpc) is 2.79. The Kier molecular flexibility index (Phi) is 2.59. The molecule has 3 aromatic rings. The Hall–Kier alpha value is -2.23. The van der Waals surface area contributed by atoms with Crippen molar-refractivity contribution in [3.05, 3.63) is 42.9 Å². The molecule has 19 heavy (non-hydrogen) atoms. The fraction of sp³-hybridized carbons (Fsp3) is 0.267. The number of imidazole rings is 1. The fourth-order valence-corrected chi connectivity index (χ4v) is 2.24. The molecule has 0 radical (unpaired) electrons. The topological polar surface area (TPSA) is 43.6 Å². The number of nitrogens with zero attached hydrogens (tertiary/aromatic N) is 4. The minimum Gasteiger partial charge on any atom is -0.303 e. The Labute approximate surface area is 112 Å². The summed E-state index contributed by atoms with van der Waals surface area (Å²) < 4.78 is 2.17. The Morgan fingerprint density at radius 1 is 1.05 bits per heavy atom. The Bertz CT molecular complexity index is 708. The number of hydrogen-bond donors (Lipinski definition) is 0. The molecule has 0 atom stereocenters. The smallest absolute Gasteiger partial charge is 0.160 e. The largest absolute Gasteiger partial charge is 0.303 e. The van der Waals surface area contributed by atoms with Crippen LogP contribution in [0.1, 0.15) is 20.8 Å². The second-order valence-corrected chi connectivity index (χ2v) is 5.53. The molecular formula is C15H16N4. The molecule has 0 amide bonds. The molecule has 0 saturated carbocycles. The summed E-state index contributed by atoms with van der Waals surface area (Å²) in [5.74, 6) is 0.911. The van der Waals surface area contributed by atoms with Crippen molar-refractivity contribution < 1.29 is 0 Å². The van der Waals surface area contributed by atoms with Crippen LogP contribution in [0.15, 0.2) is 42.9 Å². The van der Waals surface area contributed by atoms with Crippen LogP contribution < -0.4 is 0 Å². The standard InChI is InChI=1S/C15H16N4/c1-15(2,3)19-13(11-6-4-8-16-10-11)18-12-7-5-9-17-14(12)19/h4-10H,1-3H3. The van der Waals surface area contributed by atoms with E-state index in [-0.39, 0.29) is 5.54 Å². The van der Waals surface area contributed by atoms with Gasteiger partial charge in [-0.25, -0.2) is 9.97 Å². The van der Waals surface area contributed by atoms with Crippen LogP contribution >= 0.6 is 0 Å². The lowest BCUT2D eigenvalue weighted by Crippen LogP contribution is -2.23. The van der Waals surface area contributed by atoms with Gasteiger partial charge in [-0.1, -0.05) is 0 Å². The first-order chi connectivity index (χ1) is 9.07. The quantitative estimate of drug-likeness (QED) is 0.667. The van der Waals surface area contributed by atoms with Crippen molar-refractivity contribution in [3.8, 4) is 11.4 Å². The predicted octanol–water partition coefficient (Wildman–Crippen LogP) is 3.25. The number of fused-ring (bicyclic) bond motifs is 1. The van der Waals surface area contributed by atoms with Gasteiger partial charge in [0.25, 0.3) is 0 Å². The molecule has 3 rings (SSSR count). The van der Waals surface area contributed by atoms with E-state index < -0.39 is 0 Å². The number of hydrogen-bond acceptors (Lipinski definition) is 3. The lowest BCUT2D eigenvalue weighted by Gasteiger charge is -2.23. The summed E-state index contributed by atoms with van der Waals surface area (Å²) >= 11 is 0. The monoisotopic (exact) mass is 252 g/mol. The second-order valence-electron chi connectivity index (χ2n) is 5.53. The lowest BCUT2D eigenvalue weighted by atomic mass is 10.1. The SMILES string of the molecule is CC(C)(C)n1c(-c2cccnc2)nc2cccnc21. The molecule has 0 N–H and O–H groups in total. The van der Waals surface area contributed by atoms with Gasteiger partial charge in [-0.2, -0.15) is 0 Å². The van der Waals surface area contributed by atoms with Crippen LogP contribution in [-0.4, -0.2) is 19.5 Å². The van der Waals surface area contributed by atoms with Gasteiger partial charge in [0.15, 0.2) is 5.65 Å². The molecule has 0 saturated heterocycles. The highest BCUT2D eigenvalue weighted by Crippen LogP contribution is 2.29. The predicted molar refractivity (Wildman–Crippen MR) is 75.8 cm³/mol. The van der Waals surface area contributed by atoms with E-state index >= 15 is 0 Å². The van der Waals surface area contributed by atoms with Gasteiger partial charge in [-0.3, -0.25) is 4.98 Å². The van der Waals surface area contributed by atoms with Gasteiger partial charge >= 0.3 is 0 Å². The van der Waals surface area contributed by atoms with Crippen molar-refractivity contribution in [3.63, 3.8) is 0 Å². The zero-order valence-electron chi connectivity index (χ0n) is 11.3. The molecule has 0 spiro atoms. The molecule has 0 unspecified atom stereocenters. The third-order valence-corrected chi connectivity index (χ3v) is 3.01. The highest BCUT2D eigenvalue weighted by molar-refractivity contribution is 5.77.